The van der Waals surface area contributed by atoms with Gasteiger partial charge in [-0.05, 0) is 0 Å². The van der Waals surface area contributed by atoms with E-state index in [1.807, 2.05) is 62.4 Å². The summed E-state index contributed by atoms with van der Waals surface area (Å²) in [6.07, 6.45) is 0. The molecule has 2 nitrogen and oxygen atoms in total. The number of aryl methyl sites for hydroxylation is 2. The first-order chi connectivity index (χ1) is 10.2. The molecule has 0 spiro atoms. The third-order valence-electron chi connectivity index (χ3n) is 3.44. The van der Waals surface area contributed by atoms with E-state index in [0.29, 0.717) is 0 Å². The predicted octanol–water partition coefficient (Wildman–Crippen LogP) is 6.29. The Labute approximate surface area is 138 Å². The van der Waals surface area contributed by atoms with Gasteiger partial charge in [-0.15, -0.1) is 0 Å². The van der Waals surface area contributed by atoms with Gasteiger partial charge >= 0.3 is 138 Å². The molecule has 4 heteroatoms. The molecule has 0 unspecified atom stereocenters. The van der Waals surface area contributed by atoms with E-state index < -0.39 is 7.07 Å². The molecule has 22 heavy (non-hydrogen) atoms. The third kappa shape index (κ3) is 4.15. The van der Waals surface area contributed by atoms with Crippen LogP contribution in [0.3, 0.4) is 0 Å². The second kappa shape index (κ2) is 6.48. The normalized spacial score (nSPS) is 12.8. The van der Waals surface area contributed by atoms with E-state index in [1.165, 1.54) is 11.1 Å². The summed E-state index contributed by atoms with van der Waals surface area (Å²) in [6, 6.07) is 15.8. The second-order valence-corrected chi connectivity index (χ2v) is 11.1. The Morgan fingerprint density at radius 2 is 1.05 bits per heavy atom. The SMILES string of the molecule is Cc1ccc(O[PH](Cl)(Oc2ccc(C)cc2)C(C)(C)C)cc1. The fourth-order valence-corrected chi connectivity index (χ4v) is 3.91. The summed E-state index contributed by atoms with van der Waals surface area (Å²) in [6.45, 7) is 10.2. The van der Waals surface area contributed by atoms with Gasteiger partial charge in [0.15, 0.2) is 0 Å². The molecule has 2 rings (SSSR count). The van der Waals surface area contributed by atoms with Crippen LogP contribution in [0.1, 0.15) is 31.9 Å². The Morgan fingerprint density at radius 3 is 1.32 bits per heavy atom. The number of hydrogen-bond acceptors (Lipinski definition) is 2. The molecule has 0 N–H and O–H groups in total. The van der Waals surface area contributed by atoms with E-state index in [9.17, 15) is 0 Å². The van der Waals surface area contributed by atoms with Crippen LogP contribution in [0.5, 0.6) is 11.5 Å². The molecule has 0 saturated carbocycles. The first-order valence-corrected chi connectivity index (χ1v) is 10.2. The first kappa shape index (κ1) is 17.1. The summed E-state index contributed by atoms with van der Waals surface area (Å²) in [4.78, 5) is 0. The molecule has 0 aliphatic heterocycles. The number of halogens is 1. The molecule has 0 saturated heterocycles. The Bertz CT molecular complexity index is 568. The zero-order valence-electron chi connectivity index (χ0n) is 13.8. The molecule has 2 aromatic rings. The second-order valence-electron chi connectivity index (χ2n) is 6.62. The van der Waals surface area contributed by atoms with Gasteiger partial charge in [-0.2, -0.15) is 0 Å². The van der Waals surface area contributed by atoms with E-state index in [2.05, 4.69) is 20.8 Å². The molecule has 0 radical (unpaired) electrons. The van der Waals surface area contributed by atoms with E-state index in [4.69, 9.17) is 20.3 Å². The van der Waals surface area contributed by atoms with Crippen molar-refractivity contribution >= 4 is 18.3 Å². The number of benzene rings is 2. The van der Waals surface area contributed by atoms with Crippen molar-refractivity contribution in [2.75, 3.05) is 0 Å². The predicted molar refractivity (Wildman–Crippen MR) is 97.5 cm³/mol. The van der Waals surface area contributed by atoms with Crippen LogP contribution in [0.4, 0.5) is 0 Å². The van der Waals surface area contributed by atoms with Crippen LogP contribution < -0.4 is 9.05 Å². The molecule has 0 fully saturated rings. The van der Waals surface area contributed by atoms with Crippen LogP contribution in [0.15, 0.2) is 48.5 Å². The molecule has 0 atom stereocenters. The molecule has 120 valence electrons. The molecule has 0 amide bonds. The molecule has 0 bridgehead atoms. The Hall–Kier alpha value is -1.24. The Kier molecular flexibility index (Phi) is 5.04. The van der Waals surface area contributed by atoms with Crippen molar-refractivity contribution < 1.29 is 9.05 Å². The van der Waals surface area contributed by atoms with Crippen LogP contribution in [-0.4, -0.2) is 5.16 Å². The third-order valence-corrected chi connectivity index (χ3v) is 8.39. The molecule has 0 heterocycles. The molecular weight excluding hydrogens is 315 g/mol. The van der Waals surface area contributed by atoms with E-state index in [0.717, 1.165) is 11.5 Å². The summed E-state index contributed by atoms with van der Waals surface area (Å²) in [5, 5.41) is -0.287. The van der Waals surface area contributed by atoms with Crippen molar-refractivity contribution in [1.82, 2.24) is 0 Å². The molecule has 0 aromatic heterocycles. The minimum absolute atomic E-state index is 0.287. The van der Waals surface area contributed by atoms with Crippen molar-refractivity contribution in [3.05, 3.63) is 59.7 Å². The van der Waals surface area contributed by atoms with Gasteiger partial charge in [-0.1, -0.05) is 0 Å². The average Bonchev–Trinajstić information content (AvgIpc) is 2.43. The first-order valence-electron chi connectivity index (χ1n) is 7.40. The monoisotopic (exact) mass is 338 g/mol. The number of rotatable bonds is 4. The zero-order chi connectivity index (χ0) is 16.4. The van der Waals surface area contributed by atoms with Crippen LogP contribution in [0.2, 0.25) is 0 Å². The fraction of sp³-hybridized carbons (Fsp3) is 0.333. The summed E-state index contributed by atoms with van der Waals surface area (Å²) < 4.78 is 12.3. The summed E-state index contributed by atoms with van der Waals surface area (Å²) in [5.41, 5.74) is 2.37. The van der Waals surface area contributed by atoms with Crippen molar-refractivity contribution in [3.63, 3.8) is 0 Å². The topological polar surface area (TPSA) is 18.5 Å². The average molecular weight is 339 g/mol. The van der Waals surface area contributed by atoms with Gasteiger partial charge in [0.25, 0.3) is 0 Å². The Balaban J connectivity index is 2.27. The van der Waals surface area contributed by atoms with Gasteiger partial charge < -0.3 is 0 Å². The zero-order valence-corrected chi connectivity index (χ0v) is 15.6. The quantitative estimate of drug-likeness (QED) is 0.609. The molecule has 0 aliphatic rings. The van der Waals surface area contributed by atoms with E-state index in [-0.39, 0.29) is 5.16 Å². The maximum atomic E-state index is 6.86. The van der Waals surface area contributed by atoms with E-state index in [1.54, 1.807) is 0 Å². The van der Waals surface area contributed by atoms with Gasteiger partial charge in [-0.3, -0.25) is 0 Å². The summed E-state index contributed by atoms with van der Waals surface area (Å²) in [7, 11) is -3.00. The van der Waals surface area contributed by atoms with Crippen LogP contribution >= 0.6 is 18.3 Å². The fourth-order valence-electron chi connectivity index (χ4n) is 1.84. The Morgan fingerprint density at radius 1 is 0.727 bits per heavy atom. The standard InChI is InChI=1S/C18H24ClO2P/c1-14-6-10-16(11-7-14)20-22(19,18(3,4)5)21-17-12-8-15(2)9-13-17/h6-13,22H,1-5H3. The van der Waals surface area contributed by atoms with Gasteiger partial charge in [0.05, 0.1) is 0 Å². The number of hydrogen-bond donors (Lipinski definition) is 0. The van der Waals surface area contributed by atoms with Gasteiger partial charge in [0.2, 0.25) is 0 Å². The maximum absolute atomic E-state index is 6.86. The van der Waals surface area contributed by atoms with Crippen molar-refractivity contribution in [2.24, 2.45) is 0 Å². The van der Waals surface area contributed by atoms with Crippen LogP contribution in [-0.2, 0) is 0 Å². The molecular formula is C18H24ClO2P. The van der Waals surface area contributed by atoms with Crippen molar-refractivity contribution in [2.45, 2.75) is 39.8 Å². The van der Waals surface area contributed by atoms with Crippen molar-refractivity contribution in [3.8, 4) is 11.5 Å². The van der Waals surface area contributed by atoms with Gasteiger partial charge in [0.1, 0.15) is 0 Å². The summed E-state index contributed by atoms with van der Waals surface area (Å²) >= 11 is 6.86. The van der Waals surface area contributed by atoms with E-state index >= 15 is 0 Å². The van der Waals surface area contributed by atoms with Crippen molar-refractivity contribution in [1.29, 1.82) is 0 Å². The van der Waals surface area contributed by atoms with Gasteiger partial charge in [-0.25, -0.2) is 0 Å². The van der Waals surface area contributed by atoms with Crippen LogP contribution in [0, 0.1) is 13.8 Å². The minimum atomic E-state index is -3.00. The summed E-state index contributed by atoms with van der Waals surface area (Å²) in [5.74, 6) is 1.49. The van der Waals surface area contributed by atoms with Crippen LogP contribution in [0.25, 0.3) is 0 Å². The van der Waals surface area contributed by atoms with Gasteiger partial charge in [0, 0.05) is 0 Å². The molecule has 0 aliphatic carbocycles. The molecule has 2 aromatic carbocycles.